The second-order valence-electron chi connectivity index (χ2n) is 5.50. The van der Waals surface area contributed by atoms with E-state index >= 15 is 0 Å². The molecule has 0 saturated carbocycles. The summed E-state index contributed by atoms with van der Waals surface area (Å²) in [5.41, 5.74) is 1.39. The van der Waals surface area contributed by atoms with Crippen molar-refractivity contribution in [3.05, 3.63) is 47.5 Å². The minimum atomic E-state index is 0.537. The van der Waals surface area contributed by atoms with E-state index in [0.29, 0.717) is 5.92 Å². The maximum absolute atomic E-state index is 4.67. The van der Waals surface area contributed by atoms with E-state index in [4.69, 9.17) is 0 Å². The zero-order valence-corrected chi connectivity index (χ0v) is 11.8. The van der Waals surface area contributed by atoms with Crippen molar-refractivity contribution in [3.63, 3.8) is 0 Å². The van der Waals surface area contributed by atoms with Crippen molar-refractivity contribution in [1.29, 1.82) is 0 Å². The summed E-state index contributed by atoms with van der Waals surface area (Å²) >= 11 is 0. The zero-order valence-electron chi connectivity index (χ0n) is 11.8. The number of benzene rings is 1. The third-order valence-corrected chi connectivity index (χ3v) is 3.98. The van der Waals surface area contributed by atoms with Gasteiger partial charge in [-0.15, -0.1) is 0 Å². The maximum atomic E-state index is 4.67. The number of aryl methyl sites for hydroxylation is 2. The molecule has 0 atom stereocenters. The Labute approximate surface area is 120 Å². The highest BCUT2D eigenvalue weighted by molar-refractivity contribution is 5.14. The Balaban J connectivity index is 1.50. The number of aromatic amines is 1. The summed E-state index contributed by atoms with van der Waals surface area (Å²) in [5, 5.41) is 10.9. The number of piperidine rings is 1. The van der Waals surface area contributed by atoms with Crippen molar-refractivity contribution >= 4 is 0 Å². The standard InChI is InChI=1S/C16H22N4/c1-2-5-13(6-3-1)7-4-8-15-18-16(20-19-15)14-9-11-17-12-10-14/h1-3,5-6,14,17H,4,7-12H2,(H,18,19,20). The van der Waals surface area contributed by atoms with Gasteiger partial charge in [0.15, 0.2) is 5.82 Å². The number of hydrogen-bond donors (Lipinski definition) is 2. The van der Waals surface area contributed by atoms with Crippen LogP contribution in [0.4, 0.5) is 0 Å². The fourth-order valence-corrected chi connectivity index (χ4v) is 2.79. The molecule has 1 fully saturated rings. The van der Waals surface area contributed by atoms with Crippen molar-refractivity contribution in [1.82, 2.24) is 20.5 Å². The van der Waals surface area contributed by atoms with Gasteiger partial charge in [-0.3, -0.25) is 5.10 Å². The lowest BCUT2D eigenvalue weighted by molar-refractivity contribution is 0.445. The van der Waals surface area contributed by atoms with Gasteiger partial charge in [0.25, 0.3) is 0 Å². The van der Waals surface area contributed by atoms with Gasteiger partial charge in [-0.2, -0.15) is 5.10 Å². The van der Waals surface area contributed by atoms with Gasteiger partial charge < -0.3 is 5.32 Å². The molecule has 20 heavy (non-hydrogen) atoms. The lowest BCUT2D eigenvalue weighted by Crippen LogP contribution is -2.27. The van der Waals surface area contributed by atoms with Crippen LogP contribution in [0.2, 0.25) is 0 Å². The Hall–Kier alpha value is -1.68. The summed E-state index contributed by atoms with van der Waals surface area (Å²) < 4.78 is 0. The Bertz CT molecular complexity index is 514. The topological polar surface area (TPSA) is 53.6 Å². The molecule has 1 aliphatic heterocycles. The number of hydrogen-bond acceptors (Lipinski definition) is 3. The highest BCUT2D eigenvalue weighted by atomic mass is 15.2. The van der Waals surface area contributed by atoms with E-state index in [9.17, 15) is 0 Å². The second-order valence-corrected chi connectivity index (χ2v) is 5.50. The molecule has 2 heterocycles. The van der Waals surface area contributed by atoms with Crippen LogP contribution in [0.5, 0.6) is 0 Å². The van der Waals surface area contributed by atoms with Gasteiger partial charge in [-0.05, 0) is 44.3 Å². The van der Waals surface area contributed by atoms with Crippen molar-refractivity contribution in [2.24, 2.45) is 0 Å². The summed E-state index contributed by atoms with van der Waals surface area (Å²) in [6.45, 7) is 2.17. The number of nitrogens with zero attached hydrogens (tertiary/aromatic N) is 2. The molecule has 0 unspecified atom stereocenters. The third kappa shape index (κ3) is 3.45. The summed E-state index contributed by atoms with van der Waals surface area (Å²) in [7, 11) is 0. The molecular weight excluding hydrogens is 248 g/mol. The van der Waals surface area contributed by atoms with Crippen LogP contribution in [0.3, 0.4) is 0 Å². The van der Waals surface area contributed by atoms with Gasteiger partial charge in [-0.25, -0.2) is 4.98 Å². The van der Waals surface area contributed by atoms with Gasteiger partial charge in [0.1, 0.15) is 5.82 Å². The molecule has 3 rings (SSSR count). The first kappa shape index (κ1) is 13.3. The van der Waals surface area contributed by atoms with E-state index < -0.39 is 0 Å². The van der Waals surface area contributed by atoms with Crippen molar-refractivity contribution in [2.45, 2.75) is 38.0 Å². The molecule has 0 radical (unpaired) electrons. The predicted octanol–water partition coefficient (Wildman–Crippen LogP) is 2.45. The molecule has 0 aliphatic carbocycles. The molecule has 0 spiro atoms. The van der Waals surface area contributed by atoms with E-state index in [0.717, 1.165) is 56.8 Å². The van der Waals surface area contributed by atoms with Gasteiger partial charge in [0.2, 0.25) is 0 Å². The summed E-state index contributed by atoms with van der Waals surface area (Å²) in [6.07, 6.45) is 5.50. The van der Waals surface area contributed by atoms with Crippen LogP contribution in [0, 0.1) is 0 Å². The maximum Gasteiger partial charge on any atom is 0.153 e. The first-order valence-corrected chi connectivity index (χ1v) is 7.57. The predicted molar refractivity (Wildman–Crippen MR) is 79.7 cm³/mol. The fraction of sp³-hybridized carbons (Fsp3) is 0.500. The molecule has 1 saturated heterocycles. The van der Waals surface area contributed by atoms with Crippen LogP contribution in [0.15, 0.2) is 30.3 Å². The van der Waals surface area contributed by atoms with Crippen LogP contribution < -0.4 is 5.32 Å². The Kier molecular flexibility index (Phi) is 4.43. The minimum absolute atomic E-state index is 0.537. The van der Waals surface area contributed by atoms with E-state index in [2.05, 4.69) is 50.8 Å². The number of H-pyrrole nitrogens is 1. The molecule has 2 N–H and O–H groups in total. The van der Waals surface area contributed by atoms with Crippen LogP contribution in [0.25, 0.3) is 0 Å². The van der Waals surface area contributed by atoms with Crippen LogP contribution in [-0.4, -0.2) is 28.3 Å². The Morgan fingerprint density at radius 2 is 1.85 bits per heavy atom. The van der Waals surface area contributed by atoms with Gasteiger partial charge in [-0.1, -0.05) is 30.3 Å². The third-order valence-electron chi connectivity index (χ3n) is 3.98. The lowest BCUT2D eigenvalue weighted by atomic mass is 9.98. The molecule has 0 bridgehead atoms. The van der Waals surface area contributed by atoms with Crippen molar-refractivity contribution in [2.75, 3.05) is 13.1 Å². The van der Waals surface area contributed by atoms with Crippen molar-refractivity contribution < 1.29 is 0 Å². The van der Waals surface area contributed by atoms with E-state index in [1.807, 2.05) is 0 Å². The minimum Gasteiger partial charge on any atom is -0.317 e. The molecule has 1 aliphatic rings. The summed E-state index contributed by atoms with van der Waals surface area (Å²) in [4.78, 5) is 4.67. The number of rotatable bonds is 5. The lowest BCUT2D eigenvalue weighted by Gasteiger charge is -2.19. The zero-order chi connectivity index (χ0) is 13.6. The van der Waals surface area contributed by atoms with Crippen LogP contribution >= 0.6 is 0 Å². The molecule has 2 aromatic rings. The smallest absolute Gasteiger partial charge is 0.153 e. The molecule has 4 nitrogen and oxygen atoms in total. The molecule has 1 aromatic carbocycles. The first-order chi connectivity index (χ1) is 9.92. The van der Waals surface area contributed by atoms with Crippen molar-refractivity contribution in [3.8, 4) is 0 Å². The van der Waals surface area contributed by atoms with Crippen LogP contribution in [-0.2, 0) is 12.8 Å². The SMILES string of the molecule is c1ccc(CCCc2nc(C3CCNCC3)n[nH]2)cc1. The van der Waals surface area contributed by atoms with E-state index in [1.165, 1.54) is 5.56 Å². The molecule has 106 valence electrons. The average Bonchev–Trinajstić information content (AvgIpc) is 2.98. The Morgan fingerprint density at radius 3 is 2.65 bits per heavy atom. The number of nitrogens with one attached hydrogen (secondary N) is 2. The molecule has 0 amide bonds. The quantitative estimate of drug-likeness (QED) is 0.877. The van der Waals surface area contributed by atoms with E-state index in [-0.39, 0.29) is 0 Å². The Morgan fingerprint density at radius 1 is 1.05 bits per heavy atom. The highest BCUT2D eigenvalue weighted by Gasteiger charge is 2.19. The monoisotopic (exact) mass is 270 g/mol. The average molecular weight is 270 g/mol. The molecule has 4 heteroatoms. The normalized spacial score (nSPS) is 16.4. The second kappa shape index (κ2) is 6.66. The highest BCUT2D eigenvalue weighted by Crippen LogP contribution is 2.21. The largest absolute Gasteiger partial charge is 0.317 e. The van der Waals surface area contributed by atoms with Gasteiger partial charge in [0.05, 0.1) is 0 Å². The summed E-state index contributed by atoms with van der Waals surface area (Å²) in [6, 6.07) is 10.6. The summed E-state index contributed by atoms with van der Waals surface area (Å²) in [5.74, 6) is 2.59. The van der Waals surface area contributed by atoms with E-state index in [1.54, 1.807) is 0 Å². The van der Waals surface area contributed by atoms with Gasteiger partial charge in [0, 0.05) is 12.3 Å². The molecular formula is C16H22N4. The number of aromatic nitrogens is 3. The van der Waals surface area contributed by atoms with Gasteiger partial charge >= 0.3 is 0 Å². The first-order valence-electron chi connectivity index (χ1n) is 7.57. The fourth-order valence-electron chi connectivity index (χ4n) is 2.79. The molecule has 1 aromatic heterocycles. The van der Waals surface area contributed by atoms with Crippen LogP contribution in [0.1, 0.15) is 42.4 Å².